The van der Waals surface area contributed by atoms with Crippen LogP contribution in [0.15, 0.2) is 24.4 Å². The van der Waals surface area contributed by atoms with E-state index in [0.29, 0.717) is 0 Å². The minimum atomic E-state index is -0.259. The summed E-state index contributed by atoms with van der Waals surface area (Å²) in [6, 6.07) is 6.17. The van der Waals surface area contributed by atoms with E-state index < -0.39 is 0 Å². The van der Waals surface area contributed by atoms with Gasteiger partial charge >= 0.3 is 0 Å². The normalized spacial score (nSPS) is 12.9. The Hall–Kier alpha value is -1.77. The zero-order valence-electron chi connectivity index (χ0n) is 9.58. The molecule has 2 aromatic rings. The summed E-state index contributed by atoms with van der Waals surface area (Å²) in [5.74, 6) is -0.458. The highest BCUT2D eigenvalue weighted by molar-refractivity contribution is 5.91. The van der Waals surface area contributed by atoms with Crippen LogP contribution in [0.5, 0.6) is 0 Å². The van der Waals surface area contributed by atoms with Crippen LogP contribution in [-0.2, 0) is 4.79 Å². The van der Waals surface area contributed by atoms with Gasteiger partial charge in [0.1, 0.15) is 0 Å². The quantitative estimate of drug-likeness (QED) is 0.813. The van der Waals surface area contributed by atoms with Gasteiger partial charge < -0.3 is 10.7 Å². The molecule has 0 spiro atoms. The Kier molecular flexibility index (Phi) is 2.69. The largest absolute Gasteiger partial charge is 0.369 e. The number of H-pyrrole nitrogens is 1. The van der Waals surface area contributed by atoms with Gasteiger partial charge in [-0.25, -0.2) is 0 Å². The molecule has 1 unspecified atom stereocenters. The number of rotatable bonds is 3. The fourth-order valence-corrected chi connectivity index (χ4v) is 2.12. The van der Waals surface area contributed by atoms with Crippen molar-refractivity contribution in [1.82, 2.24) is 4.98 Å². The smallest absolute Gasteiger partial charge is 0.225 e. The number of nitrogens with two attached hydrogens (primary N) is 1. The van der Waals surface area contributed by atoms with Gasteiger partial charge in [-0.05, 0) is 31.0 Å². The maximum atomic E-state index is 11.4. The molecule has 16 heavy (non-hydrogen) atoms. The van der Waals surface area contributed by atoms with Crippen LogP contribution in [0, 0.1) is 6.92 Å². The maximum Gasteiger partial charge on any atom is 0.225 e. The van der Waals surface area contributed by atoms with E-state index >= 15 is 0 Å². The van der Waals surface area contributed by atoms with Crippen LogP contribution in [0.2, 0.25) is 0 Å². The first-order chi connectivity index (χ1) is 7.63. The number of aryl methyl sites for hydroxylation is 1. The van der Waals surface area contributed by atoms with E-state index in [-0.39, 0.29) is 11.8 Å². The summed E-state index contributed by atoms with van der Waals surface area (Å²) in [5, 5.41) is 1.10. The van der Waals surface area contributed by atoms with Gasteiger partial charge in [0.2, 0.25) is 5.91 Å². The number of carbonyl (C=O) groups is 1. The van der Waals surface area contributed by atoms with E-state index in [4.69, 9.17) is 5.73 Å². The standard InChI is InChI=1S/C13H16N2O/c1-3-9(13(14)16)11-7-15-12-5-4-8(2)6-10(11)12/h4-7,9,15H,3H2,1-2H3,(H2,14,16). The van der Waals surface area contributed by atoms with Gasteiger partial charge in [-0.1, -0.05) is 18.6 Å². The number of benzene rings is 1. The van der Waals surface area contributed by atoms with E-state index in [9.17, 15) is 4.79 Å². The molecule has 3 nitrogen and oxygen atoms in total. The van der Waals surface area contributed by atoms with Gasteiger partial charge in [0.05, 0.1) is 5.92 Å². The Labute approximate surface area is 94.6 Å². The van der Waals surface area contributed by atoms with Gasteiger partial charge in [0.25, 0.3) is 0 Å². The molecule has 1 atom stereocenters. The van der Waals surface area contributed by atoms with Gasteiger partial charge in [0, 0.05) is 17.1 Å². The second kappa shape index (κ2) is 4.00. The number of amides is 1. The van der Waals surface area contributed by atoms with Gasteiger partial charge in [0.15, 0.2) is 0 Å². The number of hydrogen-bond donors (Lipinski definition) is 2. The van der Waals surface area contributed by atoms with Crippen molar-refractivity contribution in [3.05, 3.63) is 35.5 Å². The molecule has 1 amide bonds. The second-order valence-electron chi connectivity index (χ2n) is 4.16. The van der Waals surface area contributed by atoms with E-state index in [0.717, 1.165) is 22.9 Å². The summed E-state index contributed by atoms with van der Waals surface area (Å²) in [4.78, 5) is 14.5. The van der Waals surface area contributed by atoms with Gasteiger partial charge in [-0.15, -0.1) is 0 Å². The number of aromatic amines is 1. The highest BCUT2D eigenvalue weighted by Gasteiger charge is 2.19. The number of aromatic nitrogens is 1. The summed E-state index contributed by atoms with van der Waals surface area (Å²) >= 11 is 0. The van der Waals surface area contributed by atoms with Crippen LogP contribution >= 0.6 is 0 Å². The Morgan fingerprint density at radius 2 is 2.25 bits per heavy atom. The second-order valence-corrected chi connectivity index (χ2v) is 4.16. The Bertz CT molecular complexity index is 528. The molecule has 0 saturated heterocycles. The fraction of sp³-hybridized carbons (Fsp3) is 0.308. The van der Waals surface area contributed by atoms with Crippen molar-refractivity contribution in [2.24, 2.45) is 5.73 Å². The lowest BCUT2D eigenvalue weighted by molar-refractivity contribution is -0.119. The molecule has 3 N–H and O–H groups in total. The molecule has 0 fully saturated rings. The summed E-state index contributed by atoms with van der Waals surface area (Å²) in [7, 11) is 0. The molecule has 1 aromatic carbocycles. The van der Waals surface area contributed by atoms with Crippen LogP contribution in [0.1, 0.15) is 30.4 Å². The predicted octanol–water partition coefficient (Wildman–Crippen LogP) is 2.46. The average Bonchev–Trinajstić information content (AvgIpc) is 2.62. The lowest BCUT2D eigenvalue weighted by Crippen LogP contribution is -2.20. The van der Waals surface area contributed by atoms with Crippen LogP contribution in [-0.4, -0.2) is 10.9 Å². The molecule has 0 radical (unpaired) electrons. The minimum Gasteiger partial charge on any atom is -0.369 e. The molecule has 0 saturated carbocycles. The molecule has 84 valence electrons. The number of nitrogens with one attached hydrogen (secondary N) is 1. The highest BCUT2D eigenvalue weighted by atomic mass is 16.1. The number of primary amides is 1. The van der Waals surface area contributed by atoms with E-state index in [1.54, 1.807) is 0 Å². The van der Waals surface area contributed by atoms with E-state index in [1.807, 2.05) is 32.2 Å². The van der Waals surface area contributed by atoms with Crippen molar-refractivity contribution in [2.75, 3.05) is 0 Å². The van der Waals surface area contributed by atoms with E-state index in [1.165, 1.54) is 5.56 Å². The van der Waals surface area contributed by atoms with Crippen molar-refractivity contribution < 1.29 is 4.79 Å². The molecule has 3 heteroatoms. The van der Waals surface area contributed by atoms with Crippen LogP contribution in [0.3, 0.4) is 0 Å². The molecular formula is C13H16N2O. The number of fused-ring (bicyclic) bond motifs is 1. The van der Waals surface area contributed by atoms with Crippen molar-refractivity contribution >= 4 is 16.8 Å². The molecular weight excluding hydrogens is 200 g/mol. The third kappa shape index (κ3) is 1.69. The molecule has 1 heterocycles. The van der Waals surface area contributed by atoms with Crippen molar-refractivity contribution in [3.63, 3.8) is 0 Å². The zero-order valence-corrected chi connectivity index (χ0v) is 9.58. The lowest BCUT2D eigenvalue weighted by Gasteiger charge is -2.09. The summed E-state index contributed by atoms with van der Waals surface area (Å²) in [6.07, 6.45) is 2.62. The number of hydrogen-bond acceptors (Lipinski definition) is 1. The third-order valence-corrected chi connectivity index (χ3v) is 3.00. The first kappa shape index (κ1) is 10.7. The first-order valence-electron chi connectivity index (χ1n) is 5.50. The molecule has 0 aliphatic rings. The third-order valence-electron chi connectivity index (χ3n) is 3.00. The van der Waals surface area contributed by atoms with Gasteiger partial charge in [-0.2, -0.15) is 0 Å². The molecule has 0 bridgehead atoms. The van der Waals surface area contributed by atoms with Gasteiger partial charge in [-0.3, -0.25) is 4.79 Å². The number of carbonyl (C=O) groups excluding carboxylic acids is 1. The molecule has 0 aliphatic carbocycles. The summed E-state index contributed by atoms with van der Waals surface area (Å²) in [6.45, 7) is 4.02. The summed E-state index contributed by atoms with van der Waals surface area (Å²) in [5.41, 5.74) is 8.67. The molecule has 2 rings (SSSR count). The van der Waals surface area contributed by atoms with Crippen molar-refractivity contribution in [1.29, 1.82) is 0 Å². The lowest BCUT2D eigenvalue weighted by atomic mass is 9.95. The first-order valence-corrected chi connectivity index (χ1v) is 5.50. The zero-order chi connectivity index (χ0) is 11.7. The maximum absolute atomic E-state index is 11.4. The average molecular weight is 216 g/mol. The van der Waals surface area contributed by atoms with Crippen molar-refractivity contribution in [2.45, 2.75) is 26.2 Å². The topological polar surface area (TPSA) is 58.9 Å². The van der Waals surface area contributed by atoms with Crippen LogP contribution in [0.25, 0.3) is 10.9 Å². The Morgan fingerprint density at radius 1 is 1.50 bits per heavy atom. The van der Waals surface area contributed by atoms with Crippen LogP contribution in [0.4, 0.5) is 0 Å². The Morgan fingerprint density at radius 3 is 2.88 bits per heavy atom. The highest BCUT2D eigenvalue weighted by Crippen LogP contribution is 2.28. The SMILES string of the molecule is CCC(C(N)=O)c1c[nH]c2ccc(C)cc12. The molecule has 1 aromatic heterocycles. The van der Waals surface area contributed by atoms with Crippen LogP contribution < -0.4 is 5.73 Å². The Balaban J connectivity index is 2.59. The van der Waals surface area contributed by atoms with Crippen molar-refractivity contribution in [3.8, 4) is 0 Å². The fourth-order valence-electron chi connectivity index (χ4n) is 2.12. The monoisotopic (exact) mass is 216 g/mol. The van der Waals surface area contributed by atoms with E-state index in [2.05, 4.69) is 11.1 Å². The molecule has 0 aliphatic heterocycles. The minimum absolute atomic E-state index is 0.199. The predicted molar refractivity (Wildman–Crippen MR) is 65.3 cm³/mol. The summed E-state index contributed by atoms with van der Waals surface area (Å²) < 4.78 is 0.